The molecule has 4 heteroatoms. The van der Waals surface area contributed by atoms with Gasteiger partial charge in [0.1, 0.15) is 6.10 Å². The van der Waals surface area contributed by atoms with Gasteiger partial charge in [-0.15, -0.1) is 6.58 Å². The van der Waals surface area contributed by atoms with Gasteiger partial charge in [0, 0.05) is 13.3 Å². The Kier molecular flexibility index (Phi) is 6.58. The van der Waals surface area contributed by atoms with Gasteiger partial charge in [-0.25, -0.2) is 0 Å². The molecule has 0 aliphatic carbocycles. The highest BCUT2D eigenvalue weighted by Crippen LogP contribution is 2.05. The van der Waals surface area contributed by atoms with E-state index in [2.05, 4.69) is 11.7 Å². The molecule has 98 valence electrons. The molecule has 1 atom stereocenters. The van der Waals surface area contributed by atoms with Crippen molar-refractivity contribution in [3.8, 4) is 0 Å². The SMILES string of the molecule is C=CC[C@H](COCc1ccccc1)OC(C)=NO. The van der Waals surface area contributed by atoms with Crippen LogP contribution in [0, 0.1) is 0 Å². The van der Waals surface area contributed by atoms with Crippen molar-refractivity contribution in [2.24, 2.45) is 5.16 Å². The Morgan fingerprint density at radius 3 is 2.78 bits per heavy atom. The van der Waals surface area contributed by atoms with E-state index in [-0.39, 0.29) is 12.0 Å². The summed E-state index contributed by atoms with van der Waals surface area (Å²) in [6.45, 7) is 6.21. The fraction of sp³-hybridized carbons (Fsp3) is 0.357. The maximum Gasteiger partial charge on any atom is 0.222 e. The molecule has 0 amide bonds. The first kappa shape index (κ1) is 14.3. The Hall–Kier alpha value is -1.81. The molecule has 1 rings (SSSR count). The summed E-state index contributed by atoms with van der Waals surface area (Å²) in [6, 6.07) is 9.92. The molecule has 0 aromatic heterocycles. The molecule has 4 nitrogen and oxygen atoms in total. The maximum atomic E-state index is 8.55. The third-order valence-electron chi connectivity index (χ3n) is 2.32. The van der Waals surface area contributed by atoms with Crippen LogP contribution in [-0.4, -0.2) is 23.8 Å². The van der Waals surface area contributed by atoms with Gasteiger partial charge in [0.05, 0.1) is 13.2 Å². The van der Waals surface area contributed by atoms with Crippen molar-refractivity contribution in [1.82, 2.24) is 0 Å². The molecule has 0 saturated carbocycles. The van der Waals surface area contributed by atoms with Crippen LogP contribution >= 0.6 is 0 Å². The van der Waals surface area contributed by atoms with E-state index in [1.807, 2.05) is 30.3 Å². The van der Waals surface area contributed by atoms with Gasteiger partial charge >= 0.3 is 0 Å². The highest BCUT2D eigenvalue weighted by atomic mass is 16.6. The quantitative estimate of drug-likeness (QED) is 0.266. The second-order valence-electron chi connectivity index (χ2n) is 3.88. The van der Waals surface area contributed by atoms with Crippen LogP contribution in [0.5, 0.6) is 0 Å². The molecule has 1 N–H and O–H groups in total. The van der Waals surface area contributed by atoms with Crippen LogP contribution in [0.15, 0.2) is 48.1 Å². The molecular formula is C14H19NO3. The molecule has 0 saturated heterocycles. The molecule has 18 heavy (non-hydrogen) atoms. The fourth-order valence-electron chi connectivity index (χ4n) is 1.48. The summed E-state index contributed by atoms with van der Waals surface area (Å²) in [4.78, 5) is 0. The Morgan fingerprint density at radius 2 is 2.17 bits per heavy atom. The van der Waals surface area contributed by atoms with E-state index < -0.39 is 0 Å². The van der Waals surface area contributed by atoms with E-state index in [4.69, 9.17) is 14.7 Å². The lowest BCUT2D eigenvalue weighted by molar-refractivity contribution is 0.0342. The average molecular weight is 249 g/mol. The predicted molar refractivity (Wildman–Crippen MR) is 70.7 cm³/mol. The third kappa shape index (κ3) is 5.50. The van der Waals surface area contributed by atoms with Gasteiger partial charge in [-0.05, 0) is 5.56 Å². The lowest BCUT2D eigenvalue weighted by Gasteiger charge is -2.16. The van der Waals surface area contributed by atoms with Crippen molar-refractivity contribution in [2.45, 2.75) is 26.1 Å². The number of hydrogen-bond donors (Lipinski definition) is 1. The van der Waals surface area contributed by atoms with Gasteiger partial charge in [0.2, 0.25) is 5.90 Å². The summed E-state index contributed by atoms with van der Waals surface area (Å²) >= 11 is 0. The summed E-state index contributed by atoms with van der Waals surface area (Å²) in [7, 11) is 0. The smallest absolute Gasteiger partial charge is 0.222 e. The van der Waals surface area contributed by atoms with Gasteiger partial charge in [0.25, 0.3) is 0 Å². The Labute approximate surface area is 108 Å². The molecule has 0 spiro atoms. The van der Waals surface area contributed by atoms with Crippen LogP contribution in [0.1, 0.15) is 18.9 Å². The number of ether oxygens (including phenoxy) is 2. The zero-order valence-corrected chi connectivity index (χ0v) is 10.6. The van der Waals surface area contributed by atoms with Gasteiger partial charge in [0.15, 0.2) is 0 Å². The van der Waals surface area contributed by atoms with Crippen molar-refractivity contribution in [3.05, 3.63) is 48.6 Å². The molecule has 0 heterocycles. The molecule has 0 unspecified atom stereocenters. The number of benzene rings is 1. The van der Waals surface area contributed by atoms with Crippen molar-refractivity contribution in [2.75, 3.05) is 6.61 Å². The molecule has 1 aromatic carbocycles. The predicted octanol–water partition coefficient (Wildman–Crippen LogP) is 2.97. The number of nitrogens with zero attached hydrogens (tertiary/aromatic N) is 1. The summed E-state index contributed by atoms with van der Waals surface area (Å²) in [5.41, 5.74) is 1.11. The summed E-state index contributed by atoms with van der Waals surface area (Å²) in [5, 5.41) is 11.5. The highest BCUT2D eigenvalue weighted by Gasteiger charge is 2.09. The summed E-state index contributed by atoms with van der Waals surface area (Å²) in [5.74, 6) is 0.227. The van der Waals surface area contributed by atoms with Crippen LogP contribution in [-0.2, 0) is 16.1 Å². The van der Waals surface area contributed by atoms with Crippen LogP contribution in [0.2, 0.25) is 0 Å². The number of hydrogen-bond acceptors (Lipinski definition) is 4. The highest BCUT2D eigenvalue weighted by molar-refractivity contribution is 5.72. The van der Waals surface area contributed by atoms with Crippen LogP contribution < -0.4 is 0 Å². The second-order valence-corrected chi connectivity index (χ2v) is 3.88. The lowest BCUT2D eigenvalue weighted by Crippen LogP contribution is -2.21. The van der Waals surface area contributed by atoms with E-state index >= 15 is 0 Å². The zero-order valence-electron chi connectivity index (χ0n) is 10.6. The standard InChI is InChI=1S/C14H19NO3/c1-3-7-14(18-12(2)15-16)11-17-10-13-8-5-4-6-9-13/h3-6,8-9,14,16H,1,7,10-11H2,2H3/t14-/m1/s1. The van der Waals surface area contributed by atoms with Crippen molar-refractivity contribution >= 4 is 5.90 Å². The van der Waals surface area contributed by atoms with E-state index in [0.29, 0.717) is 19.6 Å². The van der Waals surface area contributed by atoms with E-state index in [1.54, 1.807) is 13.0 Å². The van der Waals surface area contributed by atoms with E-state index in [9.17, 15) is 0 Å². The molecule has 0 bridgehead atoms. The minimum atomic E-state index is -0.179. The summed E-state index contributed by atoms with van der Waals surface area (Å²) < 4.78 is 11.0. The Balaban J connectivity index is 2.35. The fourth-order valence-corrected chi connectivity index (χ4v) is 1.48. The monoisotopic (exact) mass is 249 g/mol. The zero-order chi connectivity index (χ0) is 13.2. The largest absolute Gasteiger partial charge is 0.473 e. The Bertz CT molecular complexity index is 376. The average Bonchev–Trinajstić information content (AvgIpc) is 2.40. The third-order valence-corrected chi connectivity index (χ3v) is 2.32. The van der Waals surface area contributed by atoms with Crippen molar-refractivity contribution in [3.63, 3.8) is 0 Å². The first-order valence-electron chi connectivity index (χ1n) is 5.84. The van der Waals surface area contributed by atoms with Crippen molar-refractivity contribution < 1.29 is 14.7 Å². The van der Waals surface area contributed by atoms with Crippen molar-refractivity contribution in [1.29, 1.82) is 0 Å². The minimum absolute atomic E-state index is 0.179. The number of rotatable bonds is 7. The second kappa shape index (κ2) is 8.31. The molecule has 0 fully saturated rings. The van der Waals surface area contributed by atoms with Gasteiger partial charge in [-0.3, -0.25) is 0 Å². The van der Waals surface area contributed by atoms with Gasteiger partial charge < -0.3 is 14.7 Å². The number of oxime groups is 1. The minimum Gasteiger partial charge on any atom is -0.473 e. The first-order chi connectivity index (χ1) is 8.76. The van der Waals surface area contributed by atoms with E-state index in [1.165, 1.54) is 0 Å². The Morgan fingerprint density at radius 1 is 1.44 bits per heavy atom. The first-order valence-corrected chi connectivity index (χ1v) is 5.84. The molecule has 0 aliphatic heterocycles. The van der Waals surface area contributed by atoms with Crippen LogP contribution in [0.3, 0.4) is 0 Å². The lowest BCUT2D eigenvalue weighted by atomic mass is 10.2. The van der Waals surface area contributed by atoms with Crippen LogP contribution in [0.4, 0.5) is 0 Å². The normalized spacial score (nSPS) is 13.1. The van der Waals surface area contributed by atoms with Gasteiger partial charge in [-0.1, -0.05) is 41.6 Å². The maximum absolute atomic E-state index is 8.55. The van der Waals surface area contributed by atoms with E-state index in [0.717, 1.165) is 5.56 Å². The van der Waals surface area contributed by atoms with Crippen LogP contribution in [0.25, 0.3) is 0 Å². The molecule has 1 aromatic rings. The van der Waals surface area contributed by atoms with Gasteiger partial charge in [-0.2, -0.15) is 0 Å². The molecule has 0 aliphatic rings. The summed E-state index contributed by atoms with van der Waals surface area (Å²) in [6.07, 6.45) is 2.21. The molecular weight excluding hydrogens is 230 g/mol. The topological polar surface area (TPSA) is 51.0 Å². The molecule has 0 radical (unpaired) electrons.